The van der Waals surface area contributed by atoms with E-state index in [1.165, 1.54) is 0 Å². The normalized spacial score (nSPS) is 20.6. The third-order valence-corrected chi connectivity index (χ3v) is 8.68. The first kappa shape index (κ1) is 40.2. The molecule has 4 atom stereocenters. The summed E-state index contributed by atoms with van der Waals surface area (Å²) in [7, 11) is 0. The van der Waals surface area contributed by atoms with Gasteiger partial charge in [-0.1, -0.05) is 123 Å². The average Bonchev–Trinajstić information content (AvgIpc) is 3.11. The van der Waals surface area contributed by atoms with Crippen molar-refractivity contribution >= 4 is 24.9 Å². The van der Waals surface area contributed by atoms with Gasteiger partial charge < -0.3 is 20.4 Å². The Kier molecular flexibility index (Phi) is 16.9. The number of para-hydroxylation sites is 4. The molecule has 0 bridgehead atoms. The fourth-order valence-electron chi connectivity index (χ4n) is 5.93. The quantitative estimate of drug-likeness (QED) is 0.176. The van der Waals surface area contributed by atoms with E-state index >= 15 is 0 Å². The second kappa shape index (κ2) is 21.1. The van der Waals surface area contributed by atoms with E-state index < -0.39 is 0 Å². The Labute approximate surface area is 314 Å². The molecular formula is C40H40N4Ni2O4. The molecule has 50 heavy (non-hydrogen) atoms. The van der Waals surface area contributed by atoms with Gasteiger partial charge in [0, 0.05) is 24.9 Å². The summed E-state index contributed by atoms with van der Waals surface area (Å²) in [5.41, 5.74) is 2.43. The van der Waals surface area contributed by atoms with Gasteiger partial charge in [-0.25, -0.2) is 0 Å². The summed E-state index contributed by atoms with van der Waals surface area (Å²) < 4.78 is 0. The van der Waals surface area contributed by atoms with E-state index in [0.29, 0.717) is 22.3 Å². The second-order valence-electron chi connectivity index (χ2n) is 12.1. The summed E-state index contributed by atoms with van der Waals surface area (Å²) in [5.74, 6) is -0.0652. The van der Waals surface area contributed by atoms with Crippen molar-refractivity contribution in [1.82, 2.24) is 0 Å². The topological polar surface area (TPSA) is 142 Å². The molecule has 4 aromatic rings. The fourth-order valence-corrected chi connectivity index (χ4v) is 5.93. The van der Waals surface area contributed by atoms with Crippen LogP contribution in [0.4, 0.5) is 0 Å². The van der Waals surface area contributed by atoms with E-state index in [4.69, 9.17) is 0 Å². The number of hydrogen-bond acceptors (Lipinski definition) is 8. The standard InChI is InChI=1S/2C20H22N2O2.2Ni/c2*23-19-11-5-1-7-15(19)13-21-17-9-3-4-10-18(17)22-14-16-8-2-6-12-20(16)24;;/h2*1-2,5-8,11-14,17-18,23-24H,3-4,9-10H2;;/q;;2*+2/p-4/t2*17-,18-;;/m10../s1. The summed E-state index contributed by atoms with van der Waals surface area (Å²) >= 11 is 0. The fraction of sp³-hybridized carbons (Fsp3) is 0.300. The first-order chi connectivity index (χ1) is 23.5. The molecule has 0 unspecified atom stereocenters. The molecule has 0 heterocycles. The van der Waals surface area contributed by atoms with Gasteiger partial charge in [-0.15, -0.1) is 23.0 Å². The van der Waals surface area contributed by atoms with E-state index in [1.54, 1.807) is 97.7 Å². The molecule has 6 rings (SSSR count). The van der Waals surface area contributed by atoms with Crippen molar-refractivity contribution in [3.63, 3.8) is 0 Å². The molecule has 0 radical (unpaired) electrons. The Morgan fingerprint density at radius 3 is 0.760 bits per heavy atom. The van der Waals surface area contributed by atoms with Gasteiger partial charge >= 0.3 is 33.0 Å². The predicted molar refractivity (Wildman–Crippen MR) is 186 cm³/mol. The summed E-state index contributed by atoms with van der Waals surface area (Å²) in [4.78, 5) is 18.5. The van der Waals surface area contributed by atoms with E-state index in [-0.39, 0.29) is 80.1 Å². The third kappa shape index (κ3) is 12.0. The summed E-state index contributed by atoms with van der Waals surface area (Å²) in [6.07, 6.45) is 15.0. The SMILES string of the molecule is [Ni+2].[Ni+2].[O-]c1ccccc1C=N[C@@H]1CCCC[C@H]1N=Cc1ccccc1[O-].[O-]c1ccccc1C=N[C@H]1CCCC[C@@H]1N=Cc1ccccc1[O-]. The molecule has 8 nitrogen and oxygen atoms in total. The van der Waals surface area contributed by atoms with E-state index in [2.05, 4.69) is 20.0 Å². The molecule has 2 aliphatic carbocycles. The van der Waals surface area contributed by atoms with Crippen LogP contribution in [0, 0.1) is 0 Å². The zero-order valence-corrected chi connectivity index (χ0v) is 29.5. The summed E-state index contributed by atoms with van der Waals surface area (Å²) in [6.45, 7) is 0. The van der Waals surface area contributed by atoms with Crippen LogP contribution < -0.4 is 20.4 Å². The van der Waals surface area contributed by atoms with Crippen LogP contribution in [-0.2, 0) is 33.0 Å². The van der Waals surface area contributed by atoms with Crippen molar-refractivity contribution < 1.29 is 53.4 Å². The van der Waals surface area contributed by atoms with Crippen molar-refractivity contribution in [2.45, 2.75) is 75.5 Å². The monoisotopic (exact) mass is 756 g/mol. The van der Waals surface area contributed by atoms with Crippen LogP contribution in [0.25, 0.3) is 0 Å². The molecule has 0 spiro atoms. The molecule has 264 valence electrons. The van der Waals surface area contributed by atoms with Gasteiger partial charge in [-0.2, -0.15) is 0 Å². The smallest absolute Gasteiger partial charge is 0.872 e. The minimum absolute atomic E-state index is 0. The molecule has 4 aromatic carbocycles. The third-order valence-electron chi connectivity index (χ3n) is 8.68. The van der Waals surface area contributed by atoms with Gasteiger partial charge in [0.25, 0.3) is 0 Å². The number of rotatable bonds is 8. The molecular weight excluding hydrogens is 718 g/mol. The van der Waals surface area contributed by atoms with Crippen molar-refractivity contribution in [3.8, 4) is 23.0 Å². The van der Waals surface area contributed by atoms with Crippen molar-refractivity contribution in [2.24, 2.45) is 20.0 Å². The van der Waals surface area contributed by atoms with Crippen LogP contribution in [-0.4, -0.2) is 49.0 Å². The van der Waals surface area contributed by atoms with Gasteiger partial charge in [-0.05, 0) is 47.9 Å². The maximum atomic E-state index is 11.8. The van der Waals surface area contributed by atoms with Crippen LogP contribution in [0.5, 0.6) is 23.0 Å². The van der Waals surface area contributed by atoms with Crippen molar-refractivity contribution in [1.29, 1.82) is 0 Å². The summed E-state index contributed by atoms with van der Waals surface area (Å²) in [5, 5.41) is 47.1. The Morgan fingerprint density at radius 2 is 0.560 bits per heavy atom. The van der Waals surface area contributed by atoms with E-state index in [0.717, 1.165) is 51.4 Å². The molecule has 0 aromatic heterocycles. The minimum atomic E-state index is -0.0163. The van der Waals surface area contributed by atoms with Crippen LogP contribution in [0.3, 0.4) is 0 Å². The van der Waals surface area contributed by atoms with Crippen LogP contribution in [0.15, 0.2) is 117 Å². The van der Waals surface area contributed by atoms with Gasteiger partial charge in [0.2, 0.25) is 0 Å². The minimum Gasteiger partial charge on any atom is -0.872 e. The number of nitrogens with zero attached hydrogens (tertiary/aromatic N) is 4. The van der Waals surface area contributed by atoms with Gasteiger partial charge in [0.1, 0.15) is 0 Å². The molecule has 2 saturated carbocycles. The molecule has 0 N–H and O–H groups in total. The second-order valence-corrected chi connectivity index (χ2v) is 12.1. The molecule has 0 amide bonds. The van der Waals surface area contributed by atoms with Gasteiger partial charge in [0.15, 0.2) is 0 Å². The number of hydrogen-bond donors (Lipinski definition) is 0. The Bertz CT molecular complexity index is 1490. The molecule has 0 aliphatic heterocycles. The van der Waals surface area contributed by atoms with Crippen molar-refractivity contribution in [2.75, 3.05) is 0 Å². The first-order valence-electron chi connectivity index (χ1n) is 16.6. The largest absolute Gasteiger partial charge is 2.00 e. The van der Waals surface area contributed by atoms with Crippen LogP contribution in [0.2, 0.25) is 0 Å². The average molecular weight is 758 g/mol. The molecule has 10 heteroatoms. The maximum absolute atomic E-state index is 11.8. The number of benzene rings is 4. The molecule has 2 aliphatic rings. The Balaban J connectivity index is 0.000000260. The van der Waals surface area contributed by atoms with Gasteiger partial charge in [-0.3, -0.25) is 20.0 Å². The first-order valence-corrected chi connectivity index (χ1v) is 16.6. The summed E-state index contributed by atoms with van der Waals surface area (Å²) in [6, 6.07) is 27.8. The van der Waals surface area contributed by atoms with E-state index in [1.807, 2.05) is 24.3 Å². The van der Waals surface area contributed by atoms with Crippen LogP contribution in [0.1, 0.15) is 73.6 Å². The number of aliphatic imine (C=N–C) groups is 4. The predicted octanol–water partition coefficient (Wildman–Crippen LogP) is 5.36. The maximum Gasteiger partial charge on any atom is 2.00 e. The molecule has 2 fully saturated rings. The van der Waals surface area contributed by atoms with E-state index in [9.17, 15) is 20.4 Å². The molecule has 0 saturated heterocycles. The Hall–Kier alpha value is -4.25. The zero-order valence-electron chi connectivity index (χ0n) is 27.6. The van der Waals surface area contributed by atoms with Crippen molar-refractivity contribution in [3.05, 3.63) is 119 Å². The van der Waals surface area contributed by atoms with Crippen LogP contribution >= 0.6 is 0 Å². The van der Waals surface area contributed by atoms with Gasteiger partial charge in [0.05, 0.1) is 24.2 Å². The Morgan fingerprint density at radius 1 is 0.360 bits per heavy atom. The zero-order chi connectivity index (χ0) is 33.6.